The monoisotopic (exact) mass is 340 g/mol. The molecule has 0 saturated carbocycles. The third kappa shape index (κ3) is 2.82. The largest absolute Gasteiger partial charge is 0.497 e. The average molecular weight is 340 g/mol. The topological polar surface area (TPSA) is 75.0 Å². The van der Waals surface area contributed by atoms with E-state index in [0.717, 1.165) is 0 Å². The van der Waals surface area contributed by atoms with Crippen LogP contribution in [0, 0.1) is 0 Å². The molecule has 3 aromatic rings. The fourth-order valence-corrected chi connectivity index (χ4v) is 2.65. The summed E-state index contributed by atoms with van der Waals surface area (Å²) >= 11 is 0. The fourth-order valence-electron chi connectivity index (χ4n) is 2.65. The third-order valence-corrected chi connectivity index (χ3v) is 3.96. The first-order valence-electron chi connectivity index (χ1n) is 7.44. The first-order chi connectivity index (χ1) is 12.1. The lowest BCUT2D eigenvalue weighted by Crippen LogP contribution is -2.07. The number of benzene rings is 2. The molecule has 6 heteroatoms. The van der Waals surface area contributed by atoms with E-state index in [2.05, 4.69) is 0 Å². The Kier molecular flexibility index (Phi) is 4.43. The van der Waals surface area contributed by atoms with Crippen LogP contribution in [0.5, 0.6) is 17.2 Å². The van der Waals surface area contributed by atoms with Gasteiger partial charge < -0.3 is 18.6 Å². The number of aldehydes is 1. The number of methoxy groups -OCH3 is 3. The lowest BCUT2D eigenvalue weighted by molar-refractivity contribution is 0.112. The number of rotatable bonds is 5. The Morgan fingerprint density at radius 2 is 1.68 bits per heavy atom. The molecule has 6 nitrogen and oxygen atoms in total. The lowest BCUT2D eigenvalue weighted by Gasteiger charge is -2.12. The normalized spacial score (nSPS) is 10.5. The van der Waals surface area contributed by atoms with Crippen LogP contribution >= 0.6 is 0 Å². The van der Waals surface area contributed by atoms with Crippen LogP contribution in [-0.4, -0.2) is 27.6 Å². The Labute approximate surface area is 143 Å². The molecule has 0 unspecified atom stereocenters. The highest BCUT2D eigenvalue weighted by atomic mass is 16.5. The molecule has 0 radical (unpaired) electrons. The van der Waals surface area contributed by atoms with Crippen molar-refractivity contribution in [2.45, 2.75) is 0 Å². The highest BCUT2D eigenvalue weighted by Gasteiger charge is 2.18. The predicted molar refractivity (Wildman–Crippen MR) is 93.0 cm³/mol. The molecular formula is C19H16O6. The lowest BCUT2D eigenvalue weighted by atomic mass is 9.99. The van der Waals surface area contributed by atoms with Crippen LogP contribution in [0.15, 0.2) is 45.8 Å². The Hall–Kier alpha value is -3.28. The van der Waals surface area contributed by atoms with Crippen molar-refractivity contribution >= 4 is 17.3 Å². The van der Waals surface area contributed by atoms with Crippen LogP contribution < -0.4 is 19.6 Å². The quantitative estimate of drug-likeness (QED) is 0.664. The molecule has 25 heavy (non-hydrogen) atoms. The summed E-state index contributed by atoms with van der Waals surface area (Å²) in [6, 6.07) is 8.12. The molecule has 3 rings (SSSR count). The number of hydrogen-bond donors (Lipinski definition) is 0. The van der Waals surface area contributed by atoms with Crippen LogP contribution in [0.25, 0.3) is 22.1 Å². The zero-order valence-corrected chi connectivity index (χ0v) is 14.0. The first kappa shape index (κ1) is 16.6. The SMILES string of the molecule is COc1cc(OC)c(C=O)c(-c2coc3cc(OC)ccc3c2=O)c1. The number of fused-ring (bicyclic) bond motifs is 1. The first-order valence-corrected chi connectivity index (χ1v) is 7.44. The minimum Gasteiger partial charge on any atom is -0.497 e. The second-order valence-corrected chi connectivity index (χ2v) is 5.25. The van der Waals surface area contributed by atoms with Crippen molar-refractivity contribution in [2.75, 3.05) is 21.3 Å². The molecule has 0 spiro atoms. The summed E-state index contributed by atoms with van der Waals surface area (Å²) in [5, 5.41) is 0.386. The van der Waals surface area contributed by atoms with E-state index in [0.29, 0.717) is 40.1 Å². The van der Waals surface area contributed by atoms with Crippen LogP contribution in [0.3, 0.4) is 0 Å². The number of ether oxygens (including phenoxy) is 3. The Morgan fingerprint density at radius 1 is 0.920 bits per heavy atom. The fraction of sp³-hybridized carbons (Fsp3) is 0.158. The number of carbonyl (C=O) groups is 1. The molecule has 0 aliphatic carbocycles. The number of carbonyl (C=O) groups excluding carboxylic acids is 1. The molecule has 1 aromatic heterocycles. The molecule has 0 aliphatic rings. The highest BCUT2D eigenvalue weighted by molar-refractivity contribution is 5.93. The van der Waals surface area contributed by atoms with Crippen molar-refractivity contribution in [3.05, 3.63) is 52.4 Å². The summed E-state index contributed by atoms with van der Waals surface area (Å²) in [7, 11) is 4.47. The van der Waals surface area contributed by atoms with Gasteiger partial charge >= 0.3 is 0 Å². The van der Waals surface area contributed by atoms with E-state index >= 15 is 0 Å². The van der Waals surface area contributed by atoms with Gasteiger partial charge in [-0.1, -0.05) is 0 Å². The summed E-state index contributed by atoms with van der Waals surface area (Å²) in [6.07, 6.45) is 1.97. The van der Waals surface area contributed by atoms with Gasteiger partial charge in [-0.05, 0) is 18.2 Å². The van der Waals surface area contributed by atoms with Gasteiger partial charge in [-0.15, -0.1) is 0 Å². The summed E-state index contributed by atoms with van der Waals surface area (Å²) < 4.78 is 21.2. The molecule has 0 bridgehead atoms. The zero-order valence-electron chi connectivity index (χ0n) is 14.0. The van der Waals surface area contributed by atoms with Crippen LogP contribution in [0.4, 0.5) is 0 Å². The van der Waals surface area contributed by atoms with Gasteiger partial charge in [0.15, 0.2) is 6.29 Å². The second-order valence-electron chi connectivity index (χ2n) is 5.25. The average Bonchev–Trinajstić information content (AvgIpc) is 2.66. The van der Waals surface area contributed by atoms with Crippen LogP contribution in [0.1, 0.15) is 10.4 Å². The van der Waals surface area contributed by atoms with Gasteiger partial charge in [0.05, 0.1) is 37.8 Å². The standard InChI is InChI=1S/C19H16O6/c1-22-11-4-5-13-18(7-11)25-10-16(19(13)21)14-6-12(23-2)8-17(24-3)15(14)9-20/h4-10H,1-3H3. The highest BCUT2D eigenvalue weighted by Crippen LogP contribution is 2.34. The van der Waals surface area contributed by atoms with E-state index in [1.54, 1.807) is 30.3 Å². The molecule has 0 atom stereocenters. The van der Waals surface area contributed by atoms with E-state index in [-0.39, 0.29) is 16.6 Å². The molecule has 0 aliphatic heterocycles. The van der Waals surface area contributed by atoms with E-state index < -0.39 is 0 Å². The van der Waals surface area contributed by atoms with E-state index in [9.17, 15) is 9.59 Å². The van der Waals surface area contributed by atoms with Crippen molar-refractivity contribution in [1.82, 2.24) is 0 Å². The third-order valence-electron chi connectivity index (χ3n) is 3.96. The van der Waals surface area contributed by atoms with Crippen LogP contribution in [-0.2, 0) is 0 Å². The van der Waals surface area contributed by atoms with Gasteiger partial charge in [-0.3, -0.25) is 9.59 Å². The molecule has 1 heterocycles. The number of hydrogen-bond acceptors (Lipinski definition) is 6. The van der Waals surface area contributed by atoms with E-state index in [4.69, 9.17) is 18.6 Å². The van der Waals surface area contributed by atoms with Gasteiger partial charge in [0, 0.05) is 17.7 Å². The summed E-state index contributed by atoms with van der Waals surface area (Å²) in [6.45, 7) is 0. The van der Waals surface area contributed by atoms with E-state index in [1.807, 2.05) is 0 Å². The molecule has 128 valence electrons. The Morgan fingerprint density at radius 3 is 2.32 bits per heavy atom. The summed E-state index contributed by atoms with van der Waals surface area (Å²) in [5.74, 6) is 1.37. The molecule has 2 aromatic carbocycles. The van der Waals surface area contributed by atoms with Gasteiger partial charge in [0.2, 0.25) is 5.43 Å². The molecule has 0 N–H and O–H groups in total. The van der Waals surface area contributed by atoms with Crippen molar-refractivity contribution in [2.24, 2.45) is 0 Å². The molecule has 0 amide bonds. The van der Waals surface area contributed by atoms with Crippen molar-refractivity contribution < 1.29 is 23.4 Å². The Bertz CT molecular complexity index is 1000. The Balaban J connectivity index is 2.31. The van der Waals surface area contributed by atoms with Gasteiger partial charge in [0.1, 0.15) is 29.1 Å². The van der Waals surface area contributed by atoms with Crippen molar-refractivity contribution in [3.8, 4) is 28.4 Å². The van der Waals surface area contributed by atoms with Gasteiger partial charge in [0.25, 0.3) is 0 Å². The molecular weight excluding hydrogens is 324 g/mol. The molecule has 0 saturated heterocycles. The van der Waals surface area contributed by atoms with E-state index in [1.165, 1.54) is 27.6 Å². The summed E-state index contributed by atoms with van der Waals surface area (Å²) in [5.41, 5.74) is 1.02. The van der Waals surface area contributed by atoms with Gasteiger partial charge in [-0.2, -0.15) is 0 Å². The maximum atomic E-state index is 12.9. The molecule has 0 fully saturated rings. The maximum absolute atomic E-state index is 12.9. The van der Waals surface area contributed by atoms with Gasteiger partial charge in [-0.25, -0.2) is 0 Å². The van der Waals surface area contributed by atoms with Crippen molar-refractivity contribution in [1.29, 1.82) is 0 Å². The smallest absolute Gasteiger partial charge is 0.200 e. The van der Waals surface area contributed by atoms with Crippen LogP contribution in [0.2, 0.25) is 0 Å². The minimum absolute atomic E-state index is 0.247. The minimum atomic E-state index is -0.262. The van der Waals surface area contributed by atoms with Crippen molar-refractivity contribution in [3.63, 3.8) is 0 Å². The zero-order chi connectivity index (χ0) is 18.0. The predicted octanol–water partition coefficient (Wildman–Crippen LogP) is 3.30. The maximum Gasteiger partial charge on any atom is 0.200 e. The second kappa shape index (κ2) is 6.68. The summed E-state index contributed by atoms with van der Waals surface area (Å²) in [4.78, 5) is 24.5.